The van der Waals surface area contributed by atoms with E-state index in [0.29, 0.717) is 15.6 Å². The number of carbonyl (C=O) groups excluding carboxylic acids is 1. The van der Waals surface area contributed by atoms with Gasteiger partial charge in [-0.3, -0.25) is 15.1 Å². The largest absolute Gasteiger partial charge is 0.361 e. The van der Waals surface area contributed by atoms with Gasteiger partial charge in [0.05, 0.1) is 10.0 Å². The molecule has 0 unspecified atom stereocenters. The number of halogens is 2. The van der Waals surface area contributed by atoms with Crippen molar-refractivity contribution < 1.29 is 15.0 Å². The van der Waals surface area contributed by atoms with Crippen molar-refractivity contribution in [3.05, 3.63) is 33.8 Å². The van der Waals surface area contributed by atoms with Gasteiger partial charge in [-0.1, -0.05) is 35.3 Å². The molecule has 0 aliphatic carbocycles. The molecule has 0 atom stereocenters. The molecular weight excluding hydrogens is 293 g/mol. The van der Waals surface area contributed by atoms with E-state index in [1.165, 1.54) is 7.05 Å². The first-order chi connectivity index (χ1) is 8.95. The number of carbonyl (C=O) groups is 1. The minimum absolute atomic E-state index is 0.0918. The number of hydrogen-bond acceptors (Lipinski definition) is 4. The lowest BCUT2D eigenvalue weighted by Gasteiger charge is -2.12. The number of nitrogens with zero attached hydrogens (tertiary/aromatic N) is 1. The van der Waals surface area contributed by atoms with E-state index in [-0.39, 0.29) is 12.5 Å². The highest BCUT2D eigenvalue weighted by Gasteiger charge is 2.13. The first-order valence-corrected chi connectivity index (χ1v) is 6.02. The zero-order chi connectivity index (χ0) is 14.4. The van der Waals surface area contributed by atoms with Gasteiger partial charge in [0.1, 0.15) is 0 Å². The average molecular weight is 306 g/mol. The number of amides is 1. The number of rotatable bonds is 3. The van der Waals surface area contributed by atoms with Crippen molar-refractivity contribution in [3.8, 4) is 0 Å². The van der Waals surface area contributed by atoms with E-state index in [2.05, 4.69) is 15.6 Å². The van der Waals surface area contributed by atoms with Gasteiger partial charge in [-0.05, 0) is 11.6 Å². The van der Waals surface area contributed by atoms with E-state index in [0.717, 1.165) is 0 Å². The number of benzene rings is 1. The summed E-state index contributed by atoms with van der Waals surface area (Å²) in [4.78, 5) is 14.8. The summed E-state index contributed by atoms with van der Waals surface area (Å²) >= 11 is 11.9. The summed E-state index contributed by atoms with van der Waals surface area (Å²) in [5.74, 6) is -0.889. The Hall–Kier alpha value is -1.34. The molecule has 1 aromatic carbocycles. The number of aliphatic hydroxyl groups is 2. The molecule has 0 aliphatic heterocycles. The second-order valence-electron chi connectivity index (χ2n) is 3.50. The minimum Gasteiger partial charge on any atom is -0.361 e. The average Bonchev–Trinajstić information content (AvgIpc) is 2.38. The Morgan fingerprint density at radius 3 is 2.68 bits per heavy atom. The Balaban J connectivity index is 2.64. The monoisotopic (exact) mass is 305 g/mol. The third kappa shape index (κ3) is 4.68. The number of hydrogen-bond donors (Lipinski definition) is 4. The second-order valence-corrected chi connectivity index (χ2v) is 4.29. The molecule has 0 saturated heterocycles. The first kappa shape index (κ1) is 15.7. The van der Waals surface area contributed by atoms with E-state index >= 15 is 0 Å². The smallest absolute Gasteiger partial charge is 0.283 e. The van der Waals surface area contributed by atoms with Crippen molar-refractivity contribution in [2.24, 2.45) is 4.99 Å². The van der Waals surface area contributed by atoms with Crippen molar-refractivity contribution in [1.29, 1.82) is 0 Å². The van der Waals surface area contributed by atoms with Crippen molar-refractivity contribution >= 4 is 35.1 Å². The lowest BCUT2D eigenvalue weighted by Crippen LogP contribution is -2.45. The summed E-state index contributed by atoms with van der Waals surface area (Å²) in [6.45, 7) is 0.272. The fraction of sp³-hybridized carbons (Fsp3) is 0.273. The van der Waals surface area contributed by atoms with Crippen molar-refractivity contribution in [2.75, 3.05) is 7.05 Å². The van der Waals surface area contributed by atoms with Gasteiger partial charge >= 0.3 is 0 Å². The normalized spacial score (nSPS) is 11.6. The molecule has 0 saturated carbocycles. The molecular formula is C11H13Cl2N3O3. The van der Waals surface area contributed by atoms with Gasteiger partial charge in [0, 0.05) is 13.6 Å². The topological polar surface area (TPSA) is 94.0 Å². The number of aliphatic imine (C=N–C) groups is 1. The highest BCUT2D eigenvalue weighted by atomic mass is 35.5. The quantitative estimate of drug-likeness (QED) is 0.371. The van der Waals surface area contributed by atoms with Crippen molar-refractivity contribution in [1.82, 2.24) is 10.6 Å². The van der Waals surface area contributed by atoms with Gasteiger partial charge in [-0.25, -0.2) is 0 Å². The molecule has 0 spiro atoms. The maximum atomic E-state index is 11.1. The van der Waals surface area contributed by atoms with Crippen LogP contribution in [0.15, 0.2) is 23.2 Å². The molecule has 0 radical (unpaired) electrons. The predicted molar refractivity (Wildman–Crippen MR) is 73.0 cm³/mol. The maximum absolute atomic E-state index is 11.1. The van der Waals surface area contributed by atoms with Crippen molar-refractivity contribution in [3.63, 3.8) is 0 Å². The minimum atomic E-state index is -2.10. The number of nitrogens with one attached hydrogen (secondary N) is 2. The van der Waals surface area contributed by atoms with Gasteiger partial charge in [0.2, 0.25) is 6.29 Å². The molecule has 104 valence electrons. The first-order valence-electron chi connectivity index (χ1n) is 5.26. The van der Waals surface area contributed by atoms with Crippen molar-refractivity contribution in [2.45, 2.75) is 12.8 Å². The fourth-order valence-corrected chi connectivity index (χ4v) is 1.61. The summed E-state index contributed by atoms with van der Waals surface area (Å²) in [5, 5.41) is 23.1. The zero-order valence-corrected chi connectivity index (χ0v) is 11.5. The molecule has 0 aliphatic rings. The van der Waals surface area contributed by atoms with E-state index in [1.807, 2.05) is 0 Å². The van der Waals surface area contributed by atoms with Crippen LogP contribution in [0.4, 0.5) is 0 Å². The highest BCUT2D eigenvalue weighted by Crippen LogP contribution is 2.25. The van der Waals surface area contributed by atoms with Crippen LogP contribution in [0.5, 0.6) is 0 Å². The van der Waals surface area contributed by atoms with E-state index in [9.17, 15) is 4.79 Å². The van der Waals surface area contributed by atoms with Crippen LogP contribution in [-0.2, 0) is 11.3 Å². The lowest BCUT2D eigenvalue weighted by molar-refractivity contribution is -0.145. The Kier molecular flexibility index (Phi) is 6.04. The Morgan fingerprint density at radius 1 is 1.42 bits per heavy atom. The molecule has 0 aromatic heterocycles. The molecule has 0 heterocycles. The van der Waals surface area contributed by atoms with Crippen LogP contribution in [0, 0.1) is 0 Å². The van der Waals surface area contributed by atoms with Crippen LogP contribution in [0.2, 0.25) is 10.0 Å². The molecule has 0 fully saturated rings. The lowest BCUT2D eigenvalue weighted by atomic mass is 10.2. The Morgan fingerprint density at radius 2 is 2.11 bits per heavy atom. The molecule has 0 bridgehead atoms. The van der Waals surface area contributed by atoms with Crippen LogP contribution in [0.25, 0.3) is 0 Å². The van der Waals surface area contributed by atoms with Gasteiger partial charge in [0.15, 0.2) is 5.96 Å². The molecule has 4 N–H and O–H groups in total. The maximum Gasteiger partial charge on any atom is 0.283 e. The summed E-state index contributed by atoms with van der Waals surface area (Å²) in [7, 11) is 1.44. The van der Waals surface area contributed by atoms with Crippen LogP contribution >= 0.6 is 23.2 Å². The summed E-state index contributed by atoms with van der Waals surface area (Å²) in [6.07, 6.45) is -2.10. The molecule has 1 aromatic rings. The van der Waals surface area contributed by atoms with Gasteiger partial charge in [-0.2, -0.15) is 0 Å². The molecule has 8 heteroatoms. The van der Waals surface area contributed by atoms with Crippen LogP contribution in [0.1, 0.15) is 5.56 Å². The summed E-state index contributed by atoms with van der Waals surface area (Å²) in [6, 6.07) is 5.16. The van der Waals surface area contributed by atoms with E-state index < -0.39 is 12.2 Å². The number of guanidine groups is 1. The predicted octanol–water partition coefficient (Wildman–Crippen LogP) is 0.496. The zero-order valence-electron chi connectivity index (χ0n) is 10.0. The highest BCUT2D eigenvalue weighted by molar-refractivity contribution is 6.42. The van der Waals surface area contributed by atoms with Gasteiger partial charge in [-0.15, -0.1) is 0 Å². The third-order valence-electron chi connectivity index (χ3n) is 2.18. The standard InChI is InChI=1S/C11H13Cl2N3O3/c1-14-11(16-9(17)10(18)19)15-5-6-3-2-4-7(12)8(6)13/h2-4,10,18-19H,5H2,1H3,(H2,14,15,16,17). The third-order valence-corrected chi connectivity index (χ3v) is 3.04. The molecule has 1 rings (SSSR count). The van der Waals surface area contributed by atoms with Gasteiger partial charge < -0.3 is 15.5 Å². The van der Waals surface area contributed by atoms with Gasteiger partial charge in [0.25, 0.3) is 5.91 Å². The molecule has 1 amide bonds. The summed E-state index contributed by atoms with van der Waals surface area (Å²) in [5.41, 5.74) is 0.717. The Bertz CT molecular complexity index is 492. The Labute approximate surface area is 120 Å². The number of aliphatic hydroxyl groups excluding tert-OH is 1. The van der Waals surface area contributed by atoms with Crippen LogP contribution < -0.4 is 10.6 Å². The van der Waals surface area contributed by atoms with Crippen LogP contribution in [0.3, 0.4) is 0 Å². The van der Waals surface area contributed by atoms with Crippen LogP contribution in [-0.4, -0.2) is 35.4 Å². The summed E-state index contributed by atoms with van der Waals surface area (Å²) < 4.78 is 0. The molecule has 6 nitrogen and oxygen atoms in total. The fourth-order valence-electron chi connectivity index (χ4n) is 1.22. The SMILES string of the molecule is CN=C(NCc1cccc(Cl)c1Cl)NC(=O)C(O)O. The van der Waals surface area contributed by atoms with E-state index in [4.69, 9.17) is 33.4 Å². The molecule has 19 heavy (non-hydrogen) atoms. The second kappa shape index (κ2) is 7.30. The van der Waals surface area contributed by atoms with E-state index in [1.54, 1.807) is 18.2 Å².